The molecule has 202 valence electrons. The van der Waals surface area contributed by atoms with Crippen LogP contribution >= 0.6 is 23.2 Å². The van der Waals surface area contributed by atoms with E-state index in [1.165, 1.54) is 0 Å². The molecule has 1 fully saturated rings. The molecule has 0 aromatic heterocycles. The molecule has 0 saturated carbocycles. The van der Waals surface area contributed by atoms with Gasteiger partial charge in [0.2, 0.25) is 0 Å². The van der Waals surface area contributed by atoms with Crippen LogP contribution in [-0.4, -0.2) is 48.9 Å². The van der Waals surface area contributed by atoms with E-state index >= 15 is 0 Å². The summed E-state index contributed by atoms with van der Waals surface area (Å²) in [5.74, 6) is 11.3. The number of nitrogens with one attached hydrogen (secondary N) is 3. The number of hydrogen-bond acceptors (Lipinski definition) is 10. The Morgan fingerprint density at radius 2 is 1.81 bits per heavy atom. The van der Waals surface area contributed by atoms with E-state index in [9.17, 15) is 4.79 Å². The first kappa shape index (κ1) is 28.7. The summed E-state index contributed by atoms with van der Waals surface area (Å²) in [5.41, 5.74) is 9.94. The quantitative estimate of drug-likeness (QED) is 0.111. The molecular weight excluding hydrogens is 521 g/mol. The van der Waals surface area contributed by atoms with Crippen molar-refractivity contribution in [1.82, 2.24) is 15.6 Å². The average molecular weight is 554 g/mol. The third-order valence-corrected chi connectivity index (χ3v) is 5.88. The SMILES string of the molecule is CC(C)(C)OC(=O)N1CC(COc2ccc(-c3c(Cl)cc(NC(N)NC(N=NN)NN)cc3Cl)cc2)C1. The molecule has 3 rings (SSSR count). The van der Waals surface area contributed by atoms with Gasteiger partial charge >= 0.3 is 6.09 Å². The zero-order valence-corrected chi connectivity index (χ0v) is 22.4. The molecule has 0 radical (unpaired) electrons. The highest BCUT2D eigenvalue weighted by Crippen LogP contribution is 2.38. The Morgan fingerprint density at radius 1 is 1.19 bits per heavy atom. The van der Waals surface area contributed by atoms with E-state index in [0.29, 0.717) is 46.7 Å². The van der Waals surface area contributed by atoms with Gasteiger partial charge in [0, 0.05) is 30.3 Å². The number of amides is 1. The third-order valence-electron chi connectivity index (χ3n) is 5.28. The second kappa shape index (κ2) is 12.6. The molecule has 1 saturated heterocycles. The smallest absolute Gasteiger partial charge is 0.410 e. The fraction of sp³-hybridized carbons (Fsp3) is 0.435. The number of ether oxygens (including phenoxy) is 2. The summed E-state index contributed by atoms with van der Waals surface area (Å²) in [5, 5.41) is 13.5. The van der Waals surface area contributed by atoms with Gasteiger partial charge in [-0.3, -0.25) is 11.6 Å². The first-order valence-corrected chi connectivity index (χ1v) is 12.3. The van der Waals surface area contributed by atoms with Crippen molar-refractivity contribution in [3.8, 4) is 16.9 Å². The minimum atomic E-state index is -0.786. The number of anilines is 1. The minimum Gasteiger partial charge on any atom is -0.493 e. The summed E-state index contributed by atoms with van der Waals surface area (Å²) < 4.78 is 11.3. The Labute approximate surface area is 225 Å². The van der Waals surface area contributed by atoms with Crippen LogP contribution in [0.3, 0.4) is 0 Å². The Balaban J connectivity index is 1.54. The van der Waals surface area contributed by atoms with Crippen LogP contribution in [-0.2, 0) is 4.74 Å². The van der Waals surface area contributed by atoms with Gasteiger partial charge < -0.3 is 25.5 Å². The zero-order chi connectivity index (χ0) is 27.2. The van der Waals surface area contributed by atoms with Crippen LogP contribution in [0, 0.1) is 5.92 Å². The highest BCUT2D eigenvalue weighted by atomic mass is 35.5. The molecule has 12 nitrogen and oxygen atoms in total. The standard InChI is InChI=1S/C23H33Cl2N9O3/c1-23(2,3)37-22(35)34-10-13(11-34)12-36-16-6-4-14(5-7-16)19-17(24)8-15(9-18(19)25)29-20(26)30-21(31-27)32-33-28/h4-9,13,20-21,29-31H,10-12,26-27H2,1-3H3,(H2,28,32). The lowest BCUT2D eigenvalue weighted by molar-refractivity contribution is -0.00781. The summed E-state index contributed by atoms with van der Waals surface area (Å²) in [6, 6.07) is 10.9. The number of rotatable bonds is 10. The lowest BCUT2D eigenvalue weighted by Gasteiger charge is -2.39. The normalized spacial score (nSPS) is 15.8. The van der Waals surface area contributed by atoms with Crippen molar-refractivity contribution in [3.63, 3.8) is 0 Å². The van der Waals surface area contributed by atoms with Crippen LogP contribution in [0.15, 0.2) is 46.7 Å². The molecule has 1 aliphatic rings. The molecule has 1 amide bonds. The summed E-state index contributed by atoms with van der Waals surface area (Å²) in [6.07, 6.45) is -1.84. The molecule has 9 N–H and O–H groups in total. The van der Waals surface area contributed by atoms with E-state index in [1.54, 1.807) is 17.0 Å². The Kier molecular flexibility index (Phi) is 9.76. The van der Waals surface area contributed by atoms with Crippen LogP contribution < -0.4 is 38.2 Å². The predicted octanol–water partition coefficient (Wildman–Crippen LogP) is 3.22. The number of halogens is 2. The van der Waals surface area contributed by atoms with Crippen LogP contribution in [0.4, 0.5) is 10.5 Å². The van der Waals surface area contributed by atoms with E-state index < -0.39 is 18.2 Å². The van der Waals surface area contributed by atoms with Gasteiger partial charge in [-0.25, -0.2) is 15.5 Å². The molecular formula is C23H33Cl2N9O3. The van der Waals surface area contributed by atoms with E-state index in [1.807, 2.05) is 45.0 Å². The predicted molar refractivity (Wildman–Crippen MR) is 144 cm³/mol. The van der Waals surface area contributed by atoms with Crippen molar-refractivity contribution < 1.29 is 14.3 Å². The Bertz CT molecular complexity index is 1070. The van der Waals surface area contributed by atoms with E-state index in [4.69, 9.17) is 50.1 Å². The highest BCUT2D eigenvalue weighted by molar-refractivity contribution is 6.39. The van der Waals surface area contributed by atoms with Gasteiger partial charge in [-0.2, -0.15) is 0 Å². The topological polar surface area (TPSA) is 178 Å². The number of carbonyl (C=O) groups is 1. The number of hydrazine groups is 1. The van der Waals surface area contributed by atoms with Gasteiger partial charge in [-0.05, 0) is 50.6 Å². The number of carbonyl (C=O) groups excluding carboxylic acids is 1. The van der Waals surface area contributed by atoms with Gasteiger partial charge in [-0.1, -0.05) is 40.6 Å². The third kappa shape index (κ3) is 8.32. The summed E-state index contributed by atoms with van der Waals surface area (Å²) >= 11 is 13.1. The molecule has 0 aliphatic carbocycles. The number of nitrogens with zero attached hydrogens (tertiary/aromatic N) is 3. The van der Waals surface area contributed by atoms with E-state index in [-0.39, 0.29) is 12.0 Å². The molecule has 2 aromatic carbocycles. The molecule has 2 unspecified atom stereocenters. The molecule has 1 heterocycles. The average Bonchev–Trinajstić information content (AvgIpc) is 2.77. The van der Waals surface area contributed by atoms with Crippen molar-refractivity contribution >= 4 is 35.0 Å². The van der Waals surface area contributed by atoms with E-state index in [2.05, 4.69) is 26.4 Å². The number of nitrogens with two attached hydrogens (primary N) is 3. The maximum Gasteiger partial charge on any atom is 0.410 e. The molecule has 0 spiro atoms. The summed E-state index contributed by atoms with van der Waals surface area (Å²) in [4.78, 5) is 13.7. The minimum absolute atomic E-state index is 0.256. The molecule has 37 heavy (non-hydrogen) atoms. The van der Waals surface area contributed by atoms with Crippen LogP contribution in [0.25, 0.3) is 11.1 Å². The van der Waals surface area contributed by atoms with Crippen LogP contribution in [0.5, 0.6) is 5.75 Å². The van der Waals surface area contributed by atoms with Crippen LogP contribution in [0.2, 0.25) is 10.0 Å². The summed E-state index contributed by atoms with van der Waals surface area (Å²) in [7, 11) is 0. The number of benzene rings is 2. The maximum absolute atomic E-state index is 12.1. The second-order valence-electron chi connectivity index (χ2n) is 9.49. The Morgan fingerprint density at radius 3 is 2.35 bits per heavy atom. The second-order valence-corrected chi connectivity index (χ2v) is 10.3. The van der Waals surface area contributed by atoms with Gasteiger partial charge in [0.1, 0.15) is 17.6 Å². The van der Waals surface area contributed by atoms with Gasteiger partial charge in [0.05, 0.1) is 16.7 Å². The molecule has 2 atom stereocenters. The van der Waals surface area contributed by atoms with Gasteiger partial charge in [-0.15, -0.1) is 5.11 Å². The summed E-state index contributed by atoms with van der Waals surface area (Å²) in [6.45, 7) is 7.27. The van der Waals surface area contributed by atoms with Crippen LogP contribution in [0.1, 0.15) is 20.8 Å². The fourth-order valence-corrected chi connectivity index (χ4v) is 4.29. The van der Waals surface area contributed by atoms with E-state index in [0.717, 1.165) is 5.56 Å². The number of hydrogen-bond donors (Lipinski definition) is 6. The molecule has 0 bridgehead atoms. The van der Waals surface area contributed by atoms with Crippen molar-refractivity contribution in [2.45, 2.75) is 39.0 Å². The monoisotopic (exact) mass is 553 g/mol. The van der Waals surface area contributed by atoms with Crippen molar-refractivity contribution in [2.24, 2.45) is 33.7 Å². The van der Waals surface area contributed by atoms with Gasteiger partial charge in [0.25, 0.3) is 0 Å². The van der Waals surface area contributed by atoms with Crippen molar-refractivity contribution in [2.75, 3.05) is 25.0 Å². The maximum atomic E-state index is 12.1. The lowest BCUT2D eigenvalue weighted by atomic mass is 10.0. The van der Waals surface area contributed by atoms with Crippen molar-refractivity contribution in [1.29, 1.82) is 0 Å². The molecule has 2 aromatic rings. The van der Waals surface area contributed by atoms with Gasteiger partial charge in [0.15, 0.2) is 6.29 Å². The molecule has 14 heteroatoms. The zero-order valence-electron chi connectivity index (χ0n) is 20.9. The fourth-order valence-electron chi connectivity index (χ4n) is 3.59. The lowest BCUT2D eigenvalue weighted by Crippen LogP contribution is -2.55. The van der Waals surface area contributed by atoms with Crippen molar-refractivity contribution in [3.05, 3.63) is 46.4 Å². The molecule has 1 aliphatic heterocycles. The first-order chi connectivity index (χ1) is 17.5. The number of likely N-dealkylation sites (tertiary alicyclic amines) is 1. The first-order valence-electron chi connectivity index (χ1n) is 11.5. The largest absolute Gasteiger partial charge is 0.493 e. The Hall–Kier alpha value is -2.87. The highest BCUT2D eigenvalue weighted by Gasteiger charge is 2.34.